The molecule has 0 spiro atoms. The van der Waals surface area contributed by atoms with Crippen LogP contribution in [-0.2, 0) is 5.60 Å². The van der Waals surface area contributed by atoms with Crippen LogP contribution in [0.4, 0.5) is 10.1 Å². The Hall–Kier alpha value is -1.13. The molecular weight excluding hydrogens is 183 g/mol. The number of rotatable bonds is 1. The van der Waals surface area contributed by atoms with E-state index in [0.717, 1.165) is 6.54 Å². The SMILES string of the molecule is Nc1cc(F)ccc1C1(O)CCNC1. The van der Waals surface area contributed by atoms with Gasteiger partial charge < -0.3 is 16.2 Å². The van der Waals surface area contributed by atoms with E-state index in [4.69, 9.17) is 5.73 Å². The minimum atomic E-state index is -0.933. The number of hydrogen-bond donors (Lipinski definition) is 3. The lowest BCUT2D eigenvalue weighted by atomic mass is 9.91. The number of nitrogen functional groups attached to an aromatic ring is 1. The molecule has 1 saturated heterocycles. The van der Waals surface area contributed by atoms with Crippen LogP contribution in [0.1, 0.15) is 12.0 Å². The summed E-state index contributed by atoms with van der Waals surface area (Å²) in [5.74, 6) is -0.374. The quantitative estimate of drug-likeness (QED) is 0.576. The van der Waals surface area contributed by atoms with Crippen molar-refractivity contribution < 1.29 is 9.50 Å². The Kier molecular flexibility index (Phi) is 2.17. The van der Waals surface area contributed by atoms with Crippen LogP contribution in [-0.4, -0.2) is 18.2 Å². The fourth-order valence-corrected chi connectivity index (χ4v) is 1.87. The molecule has 0 aromatic heterocycles. The summed E-state index contributed by atoms with van der Waals surface area (Å²) in [7, 11) is 0. The summed E-state index contributed by atoms with van der Waals surface area (Å²) in [6.45, 7) is 1.23. The first kappa shape index (κ1) is 9.43. The van der Waals surface area contributed by atoms with Crippen molar-refractivity contribution in [1.29, 1.82) is 0 Å². The maximum atomic E-state index is 12.8. The summed E-state index contributed by atoms with van der Waals surface area (Å²) in [6, 6.07) is 4.12. The van der Waals surface area contributed by atoms with E-state index in [1.165, 1.54) is 12.1 Å². The molecule has 0 aliphatic carbocycles. The molecular formula is C10H13FN2O. The maximum Gasteiger partial charge on any atom is 0.125 e. The van der Waals surface area contributed by atoms with E-state index in [1.807, 2.05) is 0 Å². The van der Waals surface area contributed by atoms with Crippen molar-refractivity contribution in [3.05, 3.63) is 29.6 Å². The first-order chi connectivity index (χ1) is 6.62. The largest absolute Gasteiger partial charge is 0.398 e. The summed E-state index contributed by atoms with van der Waals surface area (Å²) in [5, 5.41) is 13.2. The zero-order chi connectivity index (χ0) is 10.2. The zero-order valence-corrected chi connectivity index (χ0v) is 7.76. The van der Waals surface area contributed by atoms with Crippen LogP contribution in [0.25, 0.3) is 0 Å². The van der Waals surface area contributed by atoms with Crippen molar-refractivity contribution >= 4 is 5.69 Å². The average molecular weight is 196 g/mol. The highest BCUT2D eigenvalue weighted by atomic mass is 19.1. The molecule has 1 unspecified atom stereocenters. The van der Waals surface area contributed by atoms with E-state index in [2.05, 4.69) is 5.32 Å². The normalized spacial score (nSPS) is 26.7. The summed E-state index contributed by atoms with van der Waals surface area (Å²) < 4.78 is 12.8. The Labute approximate surface area is 81.7 Å². The number of anilines is 1. The lowest BCUT2D eigenvalue weighted by Crippen LogP contribution is -2.29. The van der Waals surface area contributed by atoms with Crippen molar-refractivity contribution in [2.75, 3.05) is 18.8 Å². The fraction of sp³-hybridized carbons (Fsp3) is 0.400. The molecule has 0 saturated carbocycles. The molecule has 0 radical (unpaired) electrons. The van der Waals surface area contributed by atoms with Crippen molar-refractivity contribution in [3.8, 4) is 0 Å². The van der Waals surface area contributed by atoms with Crippen LogP contribution in [0.3, 0.4) is 0 Å². The third-order valence-corrected chi connectivity index (χ3v) is 2.65. The van der Waals surface area contributed by atoms with E-state index in [0.29, 0.717) is 24.2 Å². The molecule has 3 nitrogen and oxygen atoms in total. The van der Waals surface area contributed by atoms with Gasteiger partial charge in [0.25, 0.3) is 0 Å². The Morgan fingerprint density at radius 1 is 1.50 bits per heavy atom. The summed E-state index contributed by atoms with van der Waals surface area (Å²) in [4.78, 5) is 0. The predicted octanol–water partition coefficient (Wildman–Crippen LogP) is 0.589. The van der Waals surface area contributed by atoms with Gasteiger partial charge in [0.05, 0.1) is 0 Å². The second-order valence-corrected chi connectivity index (χ2v) is 3.69. The highest BCUT2D eigenvalue weighted by Gasteiger charge is 2.34. The molecule has 0 bridgehead atoms. The molecule has 1 aromatic rings. The minimum Gasteiger partial charge on any atom is -0.398 e. The van der Waals surface area contributed by atoms with Gasteiger partial charge in [-0.25, -0.2) is 4.39 Å². The van der Waals surface area contributed by atoms with Crippen LogP contribution in [0.5, 0.6) is 0 Å². The average Bonchev–Trinajstić information content (AvgIpc) is 2.52. The number of nitrogens with one attached hydrogen (secondary N) is 1. The number of benzene rings is 1. The summed E-state index contributed by atoms with van der Waals surface area (Å²) in [5.41, 5.74) is 5.66. The van der Waals surface area contributed by atoms with E-state index >= 15 is 0 Å². The van der Waals surface area contributed by atoms with Gasteiger partial charge in [0, 0.05) is 17.8 Å². The molecule has 76 valence electrons. The standard InChI is InChI=1S/C10H13FN2O/c11-7-1-2-8(9(12)5-7)10(14)3-4-13-6-10/h1-2,5,13-14H,3-4,6,12H2. The second kappa shape index (κ2) is 3.22. The third-order valence-electron chi connectivity index (χ3n) is 2.65. The summed E-state index contributed by atoms with van der Waals surface area (Å²) in [6.07, 6.45) is 0.614. The molecule has 4 heteroatoms. The summed E-state index contributed by atoms with van der Waals surface area (Å²) >= 11 is 0. The van der Waals surface area contributed by atoms with Gasteiger partial charge in [0.2, 0.25) is 0 Å². The Morgan fingerprint density at radius 3 is 2.86 bits per heavy atom. The monoisotopic (exact) mass is 196 g/mol. The van der Waals surface area contributed by atoms with Gasteiger partial charge in [0.15, 0.2) is 0 Å². The van der Waals surface area contributed by atoms with Crippen LogP contribution >= 0.6 is 0 Å². The van der Waals surface area contributed by atoms with E-state index in [-0.39, 0.29) is 5.82 Å². The highest BCUT2D eigenvalue weighted by Crippen LogP contribution is 2.31. The molecule has 2 rings (SSSR count). The highest BCUT2D eigenvalue weighted by molar-refractivity contribution is 5.50. The molecule has 4 N–H and O–H groups in total. The number of β-amino-alcohol motifs (C(OH)–C–C–N with tert-alkyl or cyclic N) is 1. The van der Waals surface area contributed by atoms with Crippen LogP contribution in [0.2, 0.25) is 0 Å². The van der Waals surface area contributed by atoms with E-state index in [1.54, 1.807) is 6.07 Å². The van der Waals surface area contributed by atoms with Gasteiger partial charge in [-0.15, -0.1) is 0 Å². The maximum absolute atomic E-state index is 12.8. The number of hydrogen-bond acceptors (Lipinski definition) is 3. The van der Waals surface area contributed by atoms with Gasteiger partial charge in [-0.2, -0.15) is 0 Å². The topological polar surface area (TPSA) is 58.3 Å². The zero-order valence-electron chi connectivity index (χ0n) is 7.76. The Bertz CT molecular complexity index is 348. The van der Waals surface area contributed by atoms with Gasteiger partial charge in [-0.05, 0) is 25.1 Å². The predicted molar refractivity (Wildman–Crippen MR) is 52.2 cm³/mol. The van der Waals surface area contributed by atoms with Crippen LogP contribution in [0, 0.1) is 5.82 Å². The third kappa shape index (κ3) is 1.47. The Morgan fingerprint density at radius 2 is 2.29 bits per heavy atom. The minimum absolute atomic E-state index is 0.316. The van der Waals surface area contributed by atoms with Crippen molar-refractivity contribution in [2.45, 2.75) is 12.0 Å². The van der Waals surface area contributed by atoms with Gasteiger partial charge in [-0.1, -0.05) is 6.07 Å². The molecule has 14 heavy (non-hydrogen) atoms. The molecule has 0 amide bonds. The molecule has 1 fully saturated rings. The molecule has 1 heterocycles. The van der Waals surface area contributed by atoms with E-state index < -0.39 is 5.60 Å². The van der Waals surface area contributed by atoms with Gasteiger partial charge in [0.1, 0.15) is 11.4 Å². The van der Waals surface area contributed by atoms with Crippen molar-refractivity contribution in [2.24, 2.45) is 0 Å². The molecule has 1 aromatic carbocycles. The Balaban J connectivity index is 2.40. The van der Waals surface area contributed by atoms with Gasteiger partial charge in [-0.3, -0.25) is 0 Å². The lowest BCUT2D eigenvalue weighted by Gasteiger charge is -2.23. The number of aliphatic hydroxyl groups is 1. The second-order valence-electron chi connectivity index (χ2n) is 3.69. The van der Waals surface area contributed by atoms with Gasteiger partial charge >= 0.3 is 0 Å². The smallest absolute Gasteiger partial charge is 0.125 e. The molecule has 1 atom stereocenters. The number of halogens is 1. The van der Waals surface area contributed by atoms with Crippen LogP contribution < -0.4 is 11.1 Å². The molecule has 1 aliphatic heterocycles. The lowest BCUT2D eigenvalue weighted by molar-refractivity contribution is 0.0595. The van der Waals surface area contributed by atoms with Crippen molar-refractivity contribution in [1.82, 2.24) is 5.32 Å². The van der Waals surface area contributed by atoms with Crippen LogP contribution in [0.15, 0.2) is 18.2 Å². The van der Waals surface area contributed by atoms with E-state index in [9.17, 15) is 9.50 Å². The van der Waals surface area contributed by atoms with Crippen molar-refractivity contribution in [3.63, 3.8) is 0 Å². The molecule has 1 aliphatic rings. The fourth-order valence-electron chi connectivity index (χ4n) is 1.87. The first-order valence-corrected chi connectivity index (χ1v) is 4.60. The first-order valence-electron chi connectivity index (χ1n) is 4.60. The number of nitrogens with two attached hydrogens (primary N) is 1.